The number of thiophene rings is 1. The van der Waals surface area contributed by atoms with Gasteiger partial charge in [-0.3, -0.25) is 4.79 Å². The topological polar surface area (TPSA) is 83.5 Å². The SMILES string of the molecule is Cc1ccc(S(=O)(=O)NC(CC(=O)O)c2ccccc2)s1. The standard InChI is InChI=1S/C14H15NO4S2/c1-10-7-8-14(20-10)21(18,19)15-12(9-13(16)17)11-5-3-2-4-6-11/h2-8,12,15H,9H2,1H3,(H,16,17). The van der Waals surface area contributed by atoms with Gasteiger partial charge in [-0.05, 0) is 24.6 Å². The summed E-state index contributed by atoms with van der Waals surface area (Å²) in [4.78, 5) is 11.9. The fourth-order valence-corrected chi connectivity index (χ4v) is 4.41. The van der Waals surface area contributed by atoms with E-state index in [0.717, 1.165) is 16.2 Å². The number of nitrogens with one attached hydrogen (secondary N) is 1. The Hall–Kier alpha value is -1.70. The van der Waals surface area contributed by atoms with E-state index >= 15 is 0 Å². The maximum Gasteiger partial charge on any atom is 0.305 e. The van der Waals surface area contributed by atoms with Crippen LogP contribution in [0.2, 0.25) is 0 Å². The van der Waals surface area contributed by atoms with E-state index in [0.29, 0.717) is 5.56 Å². The summed E-state index contributed by atoms with van der Waals surface area (Å²) in [5.74, 6) is -1.06. The Balaban J connectivity index is 2.29. The molecule has 2 rings (SSSR count). The van der Waals surface area contributed by atoms with Gasteiger partial charge >= 0.3 is 5.97 Å². The first-order valence-electron chi connectivity index (χ1n) is 6.24. The van der Waals surface area contributed by atoms with Crippen molar-refractivity contribution in [1.82, 2.24) is 4.72 Å². The molecule has 0 aliphatic carbocycles. The van der Waals surface area contributed by atoms with E-state index in [9.17, 15) is 13.2 Å². The van der Waals surface area contributed by atoms with Crippen molar-refractivity contribution in [2.45, 2.75) is 23.6 Å². The normalized spacial score (nSPS) is 13.0. The highest BCUT2D eigenvalue weighted by Crippen LogP contribution is 2.24. The molecule has 5 nitrogen and oxygen atoms in total. The van der Waals surface area contributed by atoms with Crippen molar-refractivity contribution < 1.29 is 18.3 Å². The van der Waals surface area contributed by atoms with Crippen LogP contribution in [0.5, 0.6) is 0 Å². The smallest absolute Gasteiger partial charge is 0.305 e. The second kappa shape index (κ2) is 6.38. The summed E-state index contributed by atoms with van der Waals surface area (Å²) in [6, 6.07) is 11.1. The number of hydrogen-bond acceptors (Lipinski definition) is 4. The van der Waals surface area contributed by atoms with Crippen LogP contribution in [0, 0.1) is 6.92 Å². The predicted molar refractivity (Wildman–Crippen MR) is 80.8 cm³/mol. The highest BCUT2D eigenvalue weighted by atomic mass is 32.2. The molecule has 1 aromatic heterocycles. The molecule has 1 unspecified atom stereocenters. The van der Waals surface area contributed by atoms with Gasteiger partial charge in [-0.25, -0.2) is 13.1 Å². The van der Waals surface area contributed by atoms with Gasteiger partial charge in [-0.15, -0.1) is 11.3 Å². The Morgan fingerprint density at radius 3 is 2.43 bits per heavy atom. The molecule has 0 saturated carbocycles. The van der Waals surface area contributed by atoms with E-state index in [-0.39, 0.29) is 10.6 Å². The van der Waals surface area contributed by atoms with Crippen LogP contribution >= 0.6 is 11.3 Å². The summed E-state index contributed by atoms with van der Waals surface area (Å²) >= 11 is 1.15. The summed E-state index contributed by atoms with van der Waals surface area (Å²) in [6.07, 6.45) is -0.312. The lowest BCUT2D eigenvalue weighted by atomic mass is 10.1. The zero-order valence-electron chi connectivity index (χ0n) is 11.3. The van der Waals surface area contributed by atoms with Crippen LogP contribution in [0.25, 0.3) is 0 Å². The van der Waals surface area contributed by atoms with Crippen molar-refractivity contribution in [2.75, 3.05) is 0 Å². The van der Waals surface area contributed by atoms with E-state index in [4.69, 9.17) is 5.11 Å². The lowest BCUT2D eigenvalue weighted by Gasteiger charge is -2.16. The number of aryl methyl sites for hydroxylation is 1. The lowest BCUT2D eigenvalue weighted by Crippen LogP contribution is -2.29. The number of carbonyl (C=O) groups is 1. The average molecular weight is 325 g/mol. The van der Waals surface area contributed by atoms with E-state index in [1.165, 1.54) is 6.07 Å². The Morgan fingerprint density at radius 1 is 1.24 bits per heavy atom. The largest absolute Gasteiger partial charge is 0.481 e. The van der Waals surface area contributed by atoms with Gasteiger partial charge in [-0.2, -0.15) is 0 Å². The molecule has 7 heteroatoms. The molecular formula is C14H15NO4S2. The molecule has 1 heterocycles. The number of rotatable bonds is 6. The predicted octanol–water partition coefficient (Wildman–Crippen LogP) is 2.55. The van der Waals surface area contributed by atoms with Gasteiger partial charge in [0.1, 0.15) is 4.21 Å². The molecule has 21 heavy (non-hydrogen) atoms. The summed E-state index contributed by atoms with van der Waals surface area (Å²) in [5, 5.41) is 8.98. The van der Waals surface area contributed by atoms with Crippen molar-refractivity contribution in [3.05, 3.63) is 52.9 Å². The zero-order valence-corrected chi connectivity index (χ0v) is 12.9. The maximum absolute atomic E-state index is 12.3. The molecule has 0 bridgehead atoms. The van der Waals surface area contributed by atoms with Crippen LogP contribution in [-0.4, -0.2) is 19.5 Å². The Morgan fingerprint density at radius 2 is 1.90 bits per heavy atom. The second-order valence-electron chi connectivity index (χ2n) is 4.55. The number of sulfonamides is 1. The summed E-state index contributed by atoms with van der Waals surface area (Å²) in [5.41, 5.74) is 0.622. The number of hydrogen-bond donors (Lipinski definition) is 2. The van der Waals surface area contributed by atoms with Crippen molar-refractivity contribution >= 4 is 27.3 Å². The fraction of sp³-hybridized carbons (Fsp3) is 0.214. The molecule has 0 saturated heterocycles. The maximum atomic E-state index is 12.3. The summed E-state index contributed by atoms with van der Waals surface area (Å²) in [6.45, 7) is 1.82. The summed E-state index contributed by atoms with van der Waals surface area (Å²) in [7, 11) is -3.73. The van der Waals surface area contributed by atoms with Gasteiger partial charge in [0.05, 0.1) is 12.5 Å². The number of carboxylic acid groups (broad SMARTS) is 1. The third-order valence-electron chi connectivity index (χ3n) is 2.86. The Kier molecular flexibility index (Phi) is 4.76. The van der Waals surface area contributed by atoms with E-state index in [1.54, 1.807) is 36.4 Å². The minimum absolute atomic E-state index is 0.186. The first kappa shape index (κ1) is 15.7. The van der Waals surface area contributed by atoms with Crippen LogP contribution < -0.4 is 4.72 Å². The summed E-state index contributed by atoms with van der Waals surface area (Å²) < 4.78 is 27.3. The van der Waals surface area contributed by atoms with Crippen LogP contribution in [-0.2, 0) is 14.8 Å². The van der Waals surface area contributed by atoms with Crippen LogP contribution in [0.1, 0.15) is 22.9 Å². The van der Waals surface area contributed by atoms with Crippen molar-refractivity contribution in [3.63, 3.8) is 0 Å². The van der Waals surface area contributed by atoms with Crippen LogP contribution in [0.4, 0.5) is 0 Å². The van der Waals surface area contributed by atoms with Gasteiger partial charge in [-0.1, -0.05) is 30.3 Å². The van der Waals surface area contributed by atoms with Gasteiger partial charge < -0.3 is 5.11 Å². The first-order chi connectivity index (χ1) is 9.88. The first-order valence-corrected chi connectivity index (χ1v) is 8.54. The Labute approximate surface area is 127 Å². The minimum atomic E-state index is -3.73. The molecule has 0 aliphatic heterocycles. The van der Waals surface area contributed by atoms with Crippen molar-refractivity contribution in [3.8, 4) is 0 Å². The molecule has 0 aliphatic rings. The minimum Gasteiger partial charge on any atom is -0.481 e. The fourth-order valence-electron chi connectivity index (χ4n) is 1.89. The third kappa shape index (κ3) is 4.13. The van der Waals surface area contributed by atoms with Gasteiger partial charge in [0, 0.05) is 4.88 Å². The van der Waals surface area contributed by atoms with E-state index < -0.39 is 22.0 Å². The number of aliphatic carboxylic acids is 1. The molecular weight excluding hydrogens is 310 g/mol. The molecule has 0 fully saturated rings. The molecule has 2 aromatic rings. The average Bonchev–Trinajstić information content (AvgIpc) is 2.86. The highest BCUT2D eigenvalue weighted by Gasteiger charge is 2.24. The molecule has 1 atom stereocenters. The lowest BCUT2D eigenvalue weighted by molar-refractivity contribution is -0.137. The van der Waals surface area contributed by atoms with Gasteiger partial charge in [0.15, 0.2) is 0 Å². The van der Waals surface area contributed by atoms with Crippen LogP contribution in [0.15, 0.2) is 46.7 Å². The number of carboxylic acids is 1. The third-order valence-corrected chi connectivity index (χ3v) is 5.82. The monoisotopic (exact) mass is 325 g/mol. The molecule has 0 spiro atoms. The van der Waals surface area contributed by atoms with Crippen LogP contribution in [0.3, 0.4) is 0 Å². The van der Waals surface area contributed by atoms with Gasteiger partial charge in [0.25, 0.3) is 10.0 Å². The van der Waals surface area contributed by atoms with Gasteiger partial charge in [0.2, 0.25) is 0 Å². The molecule has 0 amide bonds. The highest BCUT2D eigenvalue weighted by molar-refractivity contribution is 7.91. The van der Waals surface area contributed by atoms with E-state index in [2.05, 4.69) is 4.72 Å². The molecule has 112 valence electrons. The zero-order chi connectivity index (χ0) is 15.5. The van der Waals surface area contributed by atoms with Crippen molar-refractivity contribution in [2.24, 2.45) is 0 Å². The quantitative estimate of drug-likeness (QED) is 0.855. The molecule has 2 N–H and O–H groups in total. The molecule has 0 radical (unpaired) electrons. The van der Waals surface area contributed by atoms with E-state index in [1.807, 2.05) is 6.92 Å². The second-order valence-corrected chi connectivity index (χ2v) is 7.78. The Bertz CT molecular complexity index is 722. The number of benzene rings is 1. The van der Waals surface area contributed by atoms with Crippen molar-refractivity contribution in [1.29, 1.82) is 0 Å². The molecule has 1 aromatic carbocycles.